The molecular formula is C22H28N4O4. The number of nitrogens with zero attached hydrogens (tertiary/aromatic N) is 1. The van der Waals surface area contributed by atoms with E-state index in [0.29, 0.717) is 12.2 Å². The summed E-state index contributed by atoms with van der Waals surface area (Å²) in [6.45, 7) is 2.10. The maximum Gasteiger partial charge on any atom is 0.307 e. The van der Waals surface area contributed by atoms with E-state index >= 15 is 0 Å². The highest BCUT2D eigenvalue weighted by Crippen LogP contribution is 2.43. The van der Waals surface area contributed by atoms with E-state index in [0.717, 1.165) is 24.2 Å². The number of fused-ring (bicyclic) bond motifs is 1. The molecule has 2 aliphatic heterocycles. The molecule has 2 heterocycles. The lowest BCUT2D eigenvalue weighted by Crippen LogP contribution is -2.41. The van der Waals surface area contributed by atoms with Crippen LogP contribution >= 0.6 is 0 Å². The van der Waals surface area contributed by atoms with Gasteiger partial charge in [0.1, 0.15) is 11.8 Å². The Morgan fingerprint density at radius 3 is 2.67 bits per heavy atom. The number of carbonyl (C=O) groups is 1. The Balaban J connectivity index is 1.59. The Bertz CT molecular complexity index is 842. The molecule has 160 valence electrons. The van der Waals surface area contributed by atoms with E-state index in [1.54, 1.807) is 6.92 Å². The van der Waals surface area contributed by atoms with E-state index in [4.69, 9.17) is 19.9 Å². The quantitative estimate of drug-likeness (QED) is 0.609. The molecule has 0 amide bonds. The van der Waals surface area contributed by atoms with Crippen LogP contribution < -0.4 is 21.3 Å². The van der Waals surface area contributed by atoms with Crippen molar-refractivity contribution in [3.63, 3.8) is 0 Å². The maximum absolute atomic E-state index is 12.1. The number of allylic oxidation sites excluding steroid dienone is 1. The number of hydrogen-bond donors (Lipinski definition) is 3. The van der Waals surface area contributed by atoms with Crippen LogP contribution in [0.3, 0.4) is 0 Å². The third-order valence-corrected chi connectivity index (χ3v) is 6.10. The van der Waals surface area contributed by atoms with Gasteiger partial charge in [0.05, 0.1) is 24.7 Å². The molecule has 1 saturated carbocycles. The molecule has 0 spiro atoms. The van der Waals surface area contributed by atoms with Gasteiger partial charge in [-0.1, -0.05) is 12.1 Å². The van der Waals surface area contributed by atoms with Gasteiger partial charge in [0, 0.05) is 17.9 Å². The minimum absolute atomic E-state index is 0.112. The minimum atomic E-state index is -0.444. The average molecular weight is 412 g/mol. The molecule has 2 fully saturated rings. The van der Waals surface area contributed by atoms with Gasteiger partial charge in [0.25, 0.3) is 0 Å². The fourth-order valence-corrected chi connectivity index (χ4v) is 4.71. The number of hydrazine groups is 1. The van der Waals surface area contributed by atoms with E-state index in [9.17, 15) is 10.1 Å². The van der Waals surface area contributed by atoms with Gasteiger partial charge in [0.15, 0.2) is 6.23 Å². The Hall–Kier alpha value is -2.76. The lowest BCUT2D eigenvalue weighted by atomic mass is 9.75. The van der Waals surface area contributed by atoms with Gasteiger partial charge in [0.2, 0.25) is 5.88 Å². The van der Waals surface area contributed by atoms with Crippen molar-refractivity contribution in [3.8, 4) is 11.8 Å². The molecule has 0 bridgehead atoms. The first-order chi connectivity index (χ1) is 14.6. The summed E-state index contributed by atoms with van der Waals surface area (Å²) in [7, 11) is 0. The number of ether oxygens (including phenoxy) is 3. The average Bonchev–Trinajstić information content (AvgIpc) is 3.38. The Kier molecular flexibility index (Phi) is 6.11. The van der Waals surface area contributed by atoms with Crippen LogP contribution in [0.5, 0.6) is 5.75 Å². The van der Waals surface area contributed by atoms with Gasteiger partial charge in [-0.2, -0.15) is 5.26 Å². The minimum Gasteiger partial charge on any atom is -0.490 e. The topological polar surface area (TPSA) is 119 Å². The predicted octanol–water partition coefficient (Wildman–Crippen LogP) is 2.19. The highest BCUT2D eigenvalue weighted by Gasteiger charge is 2.49. The first-order valence-electron chi connectivity index (χ1n) is 10.6. The third kappa shape index (κ3) is 4.09. The molecule has 4 atom stereocenters. The highest BCUT2D eigenvalue weighted by molar-refractivity contribution is 5.70. The smallest absolute Gasteiger partial charge is 0.307 e. The van der Waals surface area contributed by atoms with Crippen molar-refractivity contribution in [3.05, 3.63) is 41.3 Å². The van der Waals surface area contributed by atoms with Crippen LogP contribution in [0.25, 0.3) is 0 Å². The summed E-state index contributed by atoms with van der Waals surface area (Å²) in [4.78, 5) is 12.1. The first-order valence-corrected chi connectivity index (χ1v) is 10.6. The largest absolute Gasteiger partial charge is 0.490 e. The summed E-state index contributed by atoms with van der Waals surface area (Å²) in [6.07, 6.45) is 4.62. The van der Waals surface area contributed by atoms with Gasteiger partial charge < -0.3 is 19.9 Å². The van der Waals surface area contributed by atoms with Gasteiger partial charge in [-0.3, -0.25) is 10.2 Å². The molecule has 4 N–H and O–H groups in total. The summed E-state index contributed by atoms with van der Waals surface area (Å²) in [6, 6.07) is 9.79. The van der Waals surface area contributed by atoms with Crippen molar-refractivity contribution >= 4 is 5.97 Å². The second-order valence-corrected chi connectivity index (χ2v) is 7.98. The Morgan fingerprint density at radius 1 is 1.27 bits per heavy atom. The molecule has 1 saturated heterocycles. The predicted molar refractivity (Wildman–Crippen MR) is 109 cm³/mol. The number of nitriles is 1. The molecule has 1 aromatic carbocycles. The van der Waals surface area contributed by atoms with E-state index in [1.165, 1.54) is 12.8 Å². The molecule has 4 unspecified atom stereocenters. The van der Waals surface area contributed by atoms with Crippen molar-refractivity contribution in [2.24, 2.45) is 11.7 Å². The van der Waals surface area contributed by atoms with E-state index in [1.807, 2.05) is 24.3 Å². The highest BCUT2D eigenvalue weighted by atomic mass is 16.5. The van der Waals surface area contributed by atoms with Gasteiger partial charge in [-0.05, 0) is 50.3 Å². The molecule has 1 aliphatic carbocycles. The molecule has 8 heteroatoms. The van der Waals surface area contributed by atoms with Crippen LogP contribution in [-0.2, 0) is 14.3 Å². The van der Waals surface area contributed by atoms with Crippen LogP contribution in [-0.4, -0.2) is 30.9 Å². The summed E-state index contributed by atoms with van der Waals surface area (Å²) in [5, 5.41) is 9.78. The van der Waals surface area contributed by atoms with Crippen molar-refractivity contribution in [1.29, 1.82) is 5.26 Å². The Morgan fingerprint density at radius 2 is 2.00 bits per heavy atom. The van der Waals surface area contributed by atoms with Crippen molar-refractivity contribution < 1.29 is 19.0 Å². The third-order valence-electron chi connectivity index (χ3n) is 6.10. The monoisotopic (exact) mass is 412 g/mol. The normalized spacial score (nSPS) is 28.5. The summed E-state index contributed by atoms with van der Waals surface area (Å²) >= 11 is 0. The molecular weight excluding hydrogens is 384 g/mol. The number of hydrogen-bond acceptors (Lipinski definition) is 8. The zero-order chi connectivity index (χ0) is 21.1. The lowest BCUT2D eigenvalue weighted by Gasteiger charge is -2.35. The molecule has 0 aromatic heterocycles. The zero-order valence-electron chi connectivity index (χ0n) is 17.1. The summed E-state index contributed by atoms with van der Waals surface area (Å²) < 4.78 is 16.9. The van der Waals surface area contributed by atoms with Gasteiger partial charge in [-0.15, -0.1) is 0 Å². The van der Waals surface area contributed by atoms with Crippen molar-refractivity contribution in [2.75, 3.05) is 6.61 Å². The standard InChI is InChI=1S/C22H28N4O4/c1-2-28-18(27)11-17-20-19(16(12-23)21(24)30-22(20)26-25-17)13-7-9-15(10-8-13)29-14-5-3-4-6-14/h7-10,14,17,19-20,22,25-26H,2-6,11,24H2,1H3. The lowest BCUT2D eigenvalue weighted by molar-refractivity contribution is -0.144. The SMILES string of the molecule is CCOC(=O)CC1NNC2OC(N)=C(C#N)C(c3ccc(OC4CCCC4)cc3)C12. The van der Waals surface area contributed by atoms with Crippen LogP contribution in [0.4, 0.5) is 0 Å². The first kappa shape index (κ1) is 20.5. The van der Waals surface area contributed by atoms with Crippen molar-refractivity contribution in [2.45, 2.75) is 63.3 Å². The molecule has 8 nitrogen and oxygen atoms in total. The maximum atomic E-state index is 12.1. The number of rotatable bonds is 6. The van der Waals surface area contributed by atoms with Crippen LogP contribution in [0.1, 0.15) is 50.5 Å². The molecule has 4 rings (SSSR count). The number of esters is 1. The summed E-state index contributed by atoms with van der Waals surface area (Å²) in [5.41, 5.74) is 13.6. The summed E-state index contributed by atoms with van der Waals surface area (Å²) in [5.74, 6) is 0.142. The number of nitrogens with two attached hydrogens (primary N) is 1. The van der Waals surface area contributed by atoms with Crippen LogP contribution in [0.15, 0.2) is 35.7 Å². The van der Waals surface area contributed by atoms with Crippen LogP contribution in [0, 0.1) is 17.2 Å². The zero-order valence-corrected chi connectivity index (χ0v) is 17.1. The molecule has 0 radical (unpaired) electrons. The second-order valence-electron chi connectivity index (χ2n) is 7.98. The molecule has 3 aliphatic rings. The van der Waals surface area contributed by atoms with E-state index in [2.05, 4.69) is 16.9 Å². The second kappa shape index (κ2) is 8.94. The molecule has 30 heavy (non-hydrogen) atoms. The number of nitrogens with one attached hydrogen (secondary N) is 2. The number of carbonyl (C=O) groups excluding carboxylic acids is 1. The fraction of sp³-hybridized carbons (Fsp3) is 0.545. The number of benzene rings is 1. The van der Waals surface area contributed by atoms with Gasteiger partial charge in [-0.25, -0.2) is 5.43 Å². The van der Waals surface area contributed by atoms with Crippen LogP contribution in [0.2, 0.25) is 0 Å². The van der Waals surface area contributed by atoms with Gasteiger partial charge >= 0.3 is 5.97 Å². The fourth-order valence-electron chi connectivity index (χ4n) is 4.71. The van der Waals surface area contributed by atoms with E-state index in [-0.39, 0.29) is 42.3 Å². The molecule has 1 aromatic rings. The van der Waals surface area contributed by atoms with E-state index < -0.39 is 6.23 Å². The Labute approximate surface area is 176 Å². The van der Waals surface area contributed by atoms with Crippen molar-refractivity contribution in [1.82, 2.24) is 10.9 Å².